The molecule has 1 aromatic carbocycles. The van der Waals surface area contributed by atoms with Gasteiger partial charge in [0.05, 0.1) is 18.2 Å². The molecular weight excluding hydrogens is 422 g/mol. The number of likely N-dealkylation sites (N-methyl/N-ethyl adjacent to an activating group) is 1. The molecule has 0 aliphatic carbocycles. The van der Waals surface area contributed by atoms with Crippen molar-refractivity contribution < 1.29 is 19.1 Å². The Balaban J connectivity index is 1.93. The van der Waals surface area contributed by atoms with Gasteiger partial charge in [-0.25, -0.2) is 14.4 Å². The van der Waals surface area contributed by atoms with Crippen molar-refractivity contribution in [3.8, 4) is 0 Å². The Labute approximate surface area is 195 Å². The van der Waals surface area contributed by atoms with Crippen LogP contribution in [-0.2, 0) is 9.53 Å². The number of nitrogens with zero attached hydrogens (tertiary/aromatic N) is 3. The number of hydrogen-bond acceptors (Lipinski definition) is 5. The highest BCUT2D eigenvalue weighted by atomic mass is 16.5. The lowest BCUT2D eigenvalue weighted by Gasteiger charge is -2.42. The number of esters is 1. The highest BCUT2D eigenvalue weighted by molar-refractivity contribution is 5.95. The molecule has 0 spiro atoms. The molecule has 33 heavy (non-hydrogen) atoms. The summed E-state index contributed by atoms with van der Waals surface area (Å²) in [6.45, 7) is 10.8. The molecule has 180 valence electrons. The third-order valence-electron chi connectivity index (χ3n) is 6.12. The van der Waals surface area contributed by atoms with E-state index < -0.39 is 12.0 Å². The summed E-state index contributed by atoms with van der Waals surface area (Å²) in [5, 5.41) is 5.82. The first kappa shape index (κ1) is 24.6. The second kappa shape index (κ2) is 10.7. The highest BCUT2D eigenvalue weighted by Crippen LogP contribution is 2.32. The summed E-state index contributed by atoms with van der Waals surface area (Å²) < 4.78 is 5.41. The molecule has 9 nitrogen and oxygen atoms in total. The van der Waals surface area contributed by atoms with Crippen LogP contribution in [0.4, 0.5) is 9.59 Å². The molecule has 0 aromatic heterocycles. The molecule has 0 saturated carbocycles. The molecule has 0 unspecified atom stereocenters. The fourth-order valence-electron chi connectivity index (χ4n) is 4.44. The largest absolute Gasteiger partial charge is 0.463 e. The van der Waals surface area contributed by atoms with E-state index in [0.717, 1.165) is 11.1 Å². The number of ether oxygens (including phenoxy) is 1. The number of carbonyl (C=O) groups excluding carboxylic acids is 3. The third-order valence-corrected chi connectivity index (χ3v) is 6.12. The van der Waals surface area contributed by atoms with Gasteiger partial charge in [-0.15, -0.1) is 0 Å². The van der Waals surface area contributed by atoms with Crippen LogP contribution in [0.1, 0.15) is 37.9 Å². The smallest absolute Gasteiger partial charge is 0.338 e. The van der Waals surface area contributed by atoms with Crippen LogP contribution in [-0.4, -0.2) is 85.2 Å². The maximum Gasteiger partial charge on any atom is 0.338 e. The average Bonchev–Trinajstić information content (AvgIpc) is 2.77. The molecule has 1 aromatic rings. The minimum absolute atomic E-state index is 0.00670. The predicted molar refractivity (Wildman–Crippen MR) is 126 cm³/mol. The van der Waals surface area contributed by atoms with Crippen molar-refractivity contribution in [1.82, 2.24) is 25.3 Å². The Morgan fingerprint density at radius 1 is 1.24 bits per heavy atom. The van der Waals surface area contributed by atoms with E-state index in [-0.39, 0.29) is 24.7 Å². The number of benzene rings is 1. The molecule has 1 saturated heterocycles. The summed E-state index contributed by atoms with van der Waals surface area (Å²) in [7, 11) is 1.67. The average molecular weight is 458 g/mol. The van der Waals surface area contributed by atoms with Gasteiger partial charge in [0.15, 0.2) is 0 Å². The van der Waals surface area contributed by atoms with Crippen LogP contribution in [0, 0.1) is 6.92 Å². The van der Waals surface area contributed by atoms with Crippen LogP contribution in [0.25, 0.3) is 0 Å². The molecular formula is C24H35N5O4. The van der Waals surface area contributed by atoms with Gasteiger partial charge in [-0.05, 0) is 33.3 Å². The van der Waals surface area contributed by atoms with Gasteiger partial charge in [0.25, 0.3) is 0 Å². The maximum absolute atomic E-state index is 13.1. The summed E-state index contributed by atoms with van der Waals surface area (Å²) >= 11 is 0. The Kier molecular flexibility index (Phi) is 7.97. The van der Waals surface area contributed by atoms with E-state index in [2.05, 4.69) is 15.5 Å². The Hall–Kier alpha value is -3.07. The van der Waals surface area contributed by atoms with Crippen LogP contribution in [0.5, 0.6) is 0 Å². The second-order valence-corrected chi connectivity index (χ2v) is 8.55. The number of carbonyl (C=O) groups is 3. The minimum atomic E-state index is -0.586. The van der Waals surface area contributed by atoms with Gasteiger partial charge in [0.1, 0.15) is 0 Å². The standard InChI is InChI=1S/C24H35N5O4/c1-6-25-23(31)29-12-11-28(14-17(29)4)15-19-20(22(30)33-7-2)21(26-24(32)27(19)5)18-10-8-9-16(3)13-18/h8-10,13,17,21H,6-7,11-12,14-15H2,1-5H3,(H,25,31)(H,26,32)/t17-,21+/m0/s1. The van der Waals surface area contributed by atoms with Gasteiger partial charge >= 0.3 is 18.0 Å². The normalized spacial score (nSPS) is 21.7. The SMILES string of the molecule is CCNC(=O)N1CCN(CC2=C(C(=O)OCC)[C@@H](c3cccc(C)c3)NC(=O)N2C)C[C@@H]1C. The van der Waals surface area contributed by atoms with Gasteiger partial charge in [-0.3, -0.25) is 9.80 Å². The highest BCUT2D eigenvalue weighted by Gasteiger charge is 2.38. The molecule has 3 rings (SSSR count). The first-order valence-corrected chi connectivity index (χ1v) is 11.5. The fourth-order valence-corrected chi connectivity index (χ4v) is 4.44. The number of hydrogen-bond donors (Lipinski definition) is 2. The van der Waals surface area contributed by atoms with Crippen molar-refractivity contribution >= 4 is 18.0 Å². The van der Waals surface area contributed by atoms with Crippen molar-refractivity contribution in [2.75, 3.05) is 46.4 Å². The van der Waals surface area contributed by atoms with E-state index in [4.69, 9.17) is 4.74 Å². The number of amides is 4. The van der Waals surface area contributed by atoms with Crippen LogP contribution < -0.4 is 10.6 Å². The van der Waals surface area contributed by atoms with Crippen LogP contribution in [0.15, 0.2) is 35.5 Å². The van der Waals surface area contributed by atoms with Crippen LogP contribution in [0.3, 0.4) is 0 Å². The van der Waals surface area contributed by atoms with Gasteiger partial charge < -0.3 is 20.3 Å². The minimum Gasteiger partial charge on any atom is -0.463 e. The molecule has 0 bridgehead atoms. The fraction of sp³-hybridized carbons (Fsp3) is 0.542. The summed E-state index contributed by atoms with van der Waals surface area (Å²) in [4.78, 5) is 43.8. The summed E-state index contributed by atoms with van der Waals surface area (Å²) in [5.74, 6) is -0.431. The molecule has 2 heterocycles. The van der Waals surface area contributed by atoms with Gasteiger partial charge in [-0.2, -0.15) is 0 Å². The van der Waals surface area contributed by atoms with Crippen molar-refractivity contribution in [3.63, 3.8) is 0 Å². The quantitative estimate of drug-likeness (QED) is 0.639. The lowest BCUT2D eigenvalue weighted by molar-refractivity contribution is -0.139. The Morgan fingerprint density at radius 3 is 2.64 bits per heavy atom. The van der Waals surface area contributed by atoms with Crippen molar-refractivity contribution in [1.29, 1.82) is 0 Å². The molecule has 4 amide bonds. The monoisotopic (exact) mass is 457 g/mol. The van der Waals surface area contributed by atoms with Gasteiger partial charge in [0, 0.05) is 51.5 Å². The molecule has 0 radical (unpaired) electrons. The zero-order chi connectivity index (χ0) is 24.1. The lowest BCUT2D eigenvalue weighted by Crippen LogP contribution is -2.57. The van der Waals surface area contributed by atoms with Crippen molar-refractivity contribution in [2.45, 2.75) is 39.8 Å². The summed E-state index contributed by atoms with van der Waals surface area (Å²) in [5.41, 5.74) is 2.96. The van der Waals surface area contributed by atoms with E-state index in [1.54, 1.807) is 14.0 Å². The van der Waals surface area contributed by atoms with E-state index in [1.165, 1.54) is 4.90 Å². The van der Waals surface area contributed by atoms with E-state index in [9.17, 15) is 14.4 Å². The molecule has 2 aliphatic heterocycles. The van der Waals surface area contributed by atoms with Crippen molar-refractivity contribution in [2.24, 2.45) is 0 Å². The molecule has 2 N–H and O–H groups in total. The Bertz CT molecular complexity index is 931. The topological polar surface area (TPSA) is 94.2 Å². The van der Waals surface area contributed by atoms with Crippen molar-refractivity contribution in [3.05, 3.63) is 46.7 Å². The first-order chi connectivity index (χ1) is 15.8. The van der Waals surface area contributed by atoms with E-state index in [0.29, 0.717) is 44.0 Å². The molecule has 9 heteroatoms. The number of aryl methyl sites for hydroxylation is 1. The molecule has 1 fully saturated rings. The van der Waals surface area contributed by atoms with E-state index in [1.807, 2.05) is 49.9 Å². The summed E-state index contributed by atoms with van der Waals surface area (Å²) in [6.07, 6.45) is 0. The van der Waals surface area contributed by atoms with Gasteiger partial charge in [-0.1, -0.05) is 29.8 Å². The van der Waals surface area contributed by atoms with Gasteiger partial charge in [0.2, 0.25) is 0 Å². The molecule has 2 aliphatic rings. The zero-order valence-corrected chi connectivity index (χ0v) is 20.2. The lowest BCUT2D eigenvalue weighted by atomic mass is 9.93. The first-order valence-electron chi connectivity index (χ1n) is 11.5. The number of urea groups is 2. The second-order valence-electron chi connectivity index (χ2n) is 8.55. The van der Waals surface area contributed by atoms with Crippen LogP contribution in [0.2, 0.25) is 0 Å². The molecule has 2 atom stereocenters. The number of rotatable bonds is 6. The third kappa shape index (κ3) is 5.47. The number of nitrogens with one attached hydrogen (secondary N) is 2. The Morgan fingerprint density at radius 2 is 2.00 bits per heavy atom. The predicted octanol–water partition coefficient (Wildman–Crippen LogP) is 2.24. The number of piperazine rings is 1. The van der Waals surface area contributed by atoms with Crippen LogP contribution >= 0.6 is 0 Å². The maximum atomic E-state index is 13.1. The zero-order valence-electron chi connectivity index (χ0n) is 20.2. The van der Waals surface area contributed by atoms with E-state index >= 15 is 0 Å². The summed E-state index contributed by atoms with van der Waals surface area (Å²) in [6, 6.07) is 6.87.